The molecule has 1 saturated carbocycles. The summed E-state index contributed by atoms with van der Waals surface area (Å²) in [4.78, 5) is 11.9. The van der Waals surface area contributed by atoms with Gasteiger partial charge >= 0.3 is 6.18 Å². The van der Waals surface area contributed by atoms with E-state index in [1.165, 1.54) is 6.07 Å². The van der Waals surface area contributed by atoms with Crippen LogP contribution in [0.1, 0.15) is 44.2 Å². The summed E-state index contributed by atoms with van der Waals surface area (Å²) in [6.45, 7) is 4.32. The first-order valence-corrected chi connectivity index (χ1v) is 7.11. The highest BCUT2D eigenvalue weighted by molar-refractivity contribution is 5.79. The Balaban J connectivity index is 1.94. The fourth-order valence-corrected chi connectivity index (χ4v) is 2.88. The molecule has 0 aliphatic heterocycles. The highest BCUT2D eigenvalue weighted by Gasteiger charge is 2.32. The van der Waals surface area contributed by atoms with Gasteiger partial charge in [0, 0.05) is 6.04 Å². The van der Waals surface area contributed by atoms with Gasteiger partial charge in [-0.1, -0.05) is 32.0 Å². The monoisotopic (exact) mass is 299 g/mol. The standard InChI is InChI=1S/C16H20F3NO/c1-15(2)7-6-13(10-15)20-14(21)9-11-4-3-5-12(8-11)16(17,18)19/h3-5,8,13H,6-7,9-10H2,1-2H3,(H,20,21). The van der Waals surface area contributed by atoms with Gasteiger partial charge < -0.3 is 5.32 Å². The second kappa shape index (κ2) is 5.70. The van der Waals surface area contributed by atoms with Crippen LogP contribution >= 0.6 is 0 Å². The van der Waals surface area contributed by atoms with E-state index in [-0.39, 0.29) is 23.8 Å². The van der Waals surface area contributed by atoms with Gasteiger partial charge in [-0.2, -0.15) is 13.2 Å². The van der Waals surface area contributed by atoms with Gasteiger partial charge in [0.15, 0.2) is 0 Å². The van der Waals surface area contributed by atoms with Gasteiger partial charge in [0.05, 0.1) is 12.0 Å². The Kier molecular flexibility index (Phi) is 4.30. The predicted octanol–water partition coefficient (Wildman–Crippen LogP) is 3.94. The molecule has 21 heavy (non-hydrogen) atoms. The van der Waals surface area contributed by atoms with Crippen LogP contribution in [0.5, 0.6) is 0 Å². The number of hydrogen-bond acceptors (Lipinski definition) is 1. The summed E-state index contributed by atoms with van der Waals surface area (Å²) in [7, 11) is 0. The number of hydrogen-bond donors (Lipinski definition) is 1. The lowest BCUT2D eigenvalue weighted by Crippen LogP contribution is -2.34. The molecule has 0 bridgehead atoms. The van der Waals surface area contributed by atoms with E-state index in [9.17, 15) is 18.0 Å². The average Bonchev–Trinajstić information content (AvgIpc) is 2.67. The van der Waals surface area contributed by atoms with Crippen molar-refractivity contribution in [3.63, 3.8) is 0 Å². The number of rotatable bonds is 3. The minimum atomic E-state index is -4.37. The van der Waals surface area contributed by atoms with E-state index in [0.29, 0.717) is 5.56 Å². The van der Waals surface area contributed by atoms with Gasteiger partial charge in [0.1, 0.15) is 0 Å². The minimum absolute atomic E-state index is 0.0130. The molecule has 1 N–H and O–H groups in total. The fraction of sp³-hybridized carbons (Fsp3) is 0.562. The Labute approximate surface area is 122 Å². The van der Waals surface area contributed by atoms with Crippen molar-refractivity contribution in [1.29, 1.82) is 0 Å². The Morgan fingerprint density at radius 1 is 1.38 bits per heavy atom. The molecule has 1 unspecified atom stereocenters. The smallest absolute Gasteiger partial charge is 0.353 e. The molecule has 0 saturated heterocycles. The maximum Gasteiger partial charge on any atom is 0.416 e. The first-order chi connectivity index (χ1) is 9.66. The fourth-order valence-electron chi connectivity index (χ4n) is 2.88. The molecule has 2 rings (SSSR count). The van der Waals surface area contributed by atoms with Gasteiger partial charge in [0.2, 0.25) is 5.91 Å². The van der Waals surface area contributed by atoms with Crippen molar-refractivity contribution in [3.05, 3.63) is 35.4 Å². The molecule has 0 radical (unpaired) electrons. The number of carbonyl (C=O) groups excluding carboxylic acids is 1. The third kappa shape index (κ3) is 4.48. The molecule has 1 amide bonds. The van der Waals surface area contributed by atoms with Crippen LogP contribution in [-0.4, -0.2) is 11.9 Å². The van der Waals surface area contributed by atoms with E-state index < -0.39 is 11.7 Å². The number of nitrogens with one attached hydrogen (secondary N) is 1. The third-order valence-corrected chi connectivity index (χ3v) is 3.95. The van der Waals surface area contributed by atoms with Crippen LogP contribution in [0.15, 0.2) is 24.3 Å². The second-order valence-corrected chi connectivity index (χ2v) is 6.55. The number of amides is 1. The molecule has 0 spiro atoms. The topological polar surface area (TPSA) is 29.1 Å². The maximum atomic E-state index is 12.6. The molecule has 1 atom stereocenters. The minimum Gasteiger partial charge on any atom is -0.353 e. The summed E-state index contributed by atoms with van der Waals surface area (Å²) in [6.07, 6.45) is -1.48. The lowest BCUT2D eigenvalue weighted by Gasteiger charge is -2.18. The zero-order valence-electron chi connectivity index (χ0n) is 12.3. The van der Waals surface area contributed by atoms with Crippen LogP contribution in [0, 0.1) is 5.41 Å². The molecule has 1 aliphatic carbocycles. The Hall–Kier alpha value is -1.52. The van der Waals surface area contributed by atoms with Crippen molar-refractivity contribution in [2.24, 2.45) is 5.41 Å². The predicted molar refractivity (Wildman–Crippen MR) is 74.7 cm³/mol. The van der Waals surface area contributed by atoms with Gasteiger partial charge in [0.25, 0.3) is 0 Å². The highest BCUT2D eigenvalue weighted by Crippen LogP contribution is 2.37. The molecule has 1 aromatic carbocycles. The number of benzene rings is 1. The normalized spacial score (nSPS) is 21.3. The van der Waals surface area contributed by atoms with Crippen LogP contribution in [0.2, 0.25) is 0 Å². The van der Waals surface area contributed by atoms with Crippen molar-refractivity contribution in [1.82, 2.24) is 5.32 Å². The molecular formula is C16H20F3NO. The Morgan fingerprint density at radius 2 is 2.10 bits per heavy atom. The molecule has 1 aliphatic rings. The molecule has 116 valence electrons. The molecular weight excluding hydrogens is 279 g/mol. The summed E-state index contributed by atoms with van der Waals surface area (Å²) in [6, 6.07) is 5.08. The van der Waals surface area contributed by atoms with Crippen LogP contribution < -0.4 is 5.32 Å². The summed E-state index contributed by atoms with van der Waals surface area (Å²) < 4.78 is 37.9. The van der Waals surface area contributed by atoms with Gasteiger partial charge in [-0.3, -0.25) is 4.79 Å². The first-order valence-electron chi connectivity index (χ1n) is 7.11. The van der Waals surface area contributed by atoms with Crippen LogP contribution in [0.25, 0.3) is 0 Å². The summed E-state index contributed by atoms with van der Waals surface area (Å²) in [5, 5.41) is 2.92. The number of carbonyl (C=O) groups is 1. The Bertz CT molecular complexity index is 522. The number of alkyl halides is 3. The molecule has 1 aromatic rings. The average molecular weight is 299 g/mol. The highest BCUT2D eigenvalue weighted by atomic mass is 19.4. The first kappa shape index (κ1) is 15.9. The molecule has 1 fully saturated rings. The van der Waals surface area contributed by atoms with Gasteiger partial charge in [-0.15, -0.1) is 0 Å². The maximum absolute atomic E-state index is 12.6. The van der Waals surface area contributed by atoms with Crippen molar-refractivity contribution in [2.75, 3.05) is 0 Å². The lowest BCUT2D eigenvalue weighted by atomic mass is 9.92. The largest absolute Gasteiger partial charge is 0.416 e. The van der Waals surface area contributed by atoms with Crippen molar-refractivity contribution >= 4 is 5.91 Å². The van der Waals surface area contributed by atoms with E-state index in [1.807, 2.05) is 0 Å². The van der Waals surface area contributed by atoms with Gasteiger partial charge in [-0.05, 0) is 36.3 Å². The zero-order valence-corrected chi connectivity index (χ0v) is 12.3. The SMILES string of the molecule is CC1(C)CCC(NC(=O)Cc2cccc(C(F)(F)F)c2)C1. The van der Waals surface area contributed by atoms with Crippen LogP contribution in [0.4, 0.5) is 13.2 Å². The molecule has 0 heterocycles. The Morgan fingerprint density at radius 3 is 2.67 bits per heavy atom. The zero-order chi connectivity index (χ0) is 15.7. The van der Waals surface area contributed by atoms with Crippen molar-refractivity contribution in [3.8, 4) is 0 Å². The molecule has 5 heteroatoms. The van der Waals surface area contributed by atoms with Crippen molar-refractivity contribution < 1.29 is 18.0 Å². The summed E-state index contributed by atoms with van der Waals surface area (Å²) in [5.74, 6) is -0.211. The van der Waals surface area contributed by atoms with Crippen LogP contribution in [-0.2, 0) is 17.4 Å². The van der Waals surface area contributed by atoms with E-state index >= 15 is 0 Å². The van der Waals surface area contributed by atoms with E-state index in [4.69, 9.17) is 0 Å². The second-order valence-electron chi connectivity index (χ2n) is 6.55. The lowest BCUT2D eigenvalue weighted by molar-refractivity contribution is -0.137. The van der Waals surface area contributed by atoms with E-state index in [2.05, 4.69) is 19.2 Å². The quantitative estimate of drug-likeness (QED) is 0.900. The summed E-state index contributed by atoms with van der Waals surface area (Å²) in [5.41, 5.74) is -0.0943. The third-order valence-electron chi connectivity index (χ3n) is 3.95. The van der Waals surface area contributed by atoms with Gasteiger partial charge in [-0.25, -0.2) is 0 Å². The molecule has 0 aromatic heterocycles. The van der Waals surface area contributed by atoms with E-state index in [0.717, 1.165) is 31.4 Å². The van der Waals surface area contributed by atoms with E-state index in [1.54, 1.807) is 6.07 Å². The number of halogens is 3. The van der Waals surface area contributed by atoms with Crippen LogP contribution in [0.3, 0.4) is 0 Å². The van der Waals surface area contributed by atoms with Crippen molar-refractivity contribution in [2.45, 2.75) is 51.7 Å². The summed E-state index contributed by atoms with van der Waals surface area (Å²) >= 11 is 0. The molecule has 2 nitrogen and oxygen atoms in total.